The number of ether oxygens (including phenoxy) is 2. The number of benzene rings is 3. The third-order valence-corrected chi connectivity index (χ3v) is 7.32. The summed E-state index contributed by atoms with van der Waals surface area (Å²) >= 11 is 0. The van der Waals surface area contributed by atoms with Crippen molar-refractivity contribution in [3.05, 3.63) is 114 Å². The molecule has 4 rings (SSSR count). The average Bonchev–Trinajstić information content (AvgIpc) is 3.56. The zero-order chi connectivity index (χ0) is 32.7. The molecule has 9 nitrogen and oxygen atoms in total. The molecule has 0 aliphatic heterocycles. The van der Waals surface area contributed by atoms with Gasteiger partial charge in [-0.1, -0.05) is 44.7 Å². The number of carbonyl (C=O) groups excluding carboxylic acids is 4. The van der Waals surface area contributed by atoms with Crippen LogP contribution in [-0.2, 0) is 22.4 Å². The molecule has 240 valence electrons. The maximum atomic E-state index is 12.9. The number of furan rings is 1. The van der Waals surface area contributed by atoms with E-state index < -0.39 is 17.9 Å². The van der Waals surface area contributed by atoms with E-state index in [1.54, 1.807) is 84.9 Å². The van der Waals surface area contributed by atoms with Gasteiger partial charge in [0.05, 0.1) is 30.9 Å². The van der Waals surface area contributed by atoms with Crippen LogP contribution in [0.3, 0.4) is 0 Å². The average molecular weight is 625 g/mol. The van der Waals surface area contributed by atoms with E-state index in [2.05, 4.69) is 17.6 Å². The molecule has 2 N–H and O–H groups in total. The topological polar surface area (TPSA) is 124 Å². The Labute approximate surface area is 269 Å². The van der Waals surface area contributed by atoms with Crippen molar-refractivity contribution < 1.29 is 33.1 Å². The molecule has 0 bridgehead atoms. The van der Waals surface area contributed by atoms with Gasteiger partial charge in [-0.25, -0.2) is 4.79 Å². The highest BCUT2D eigenvalue weighted by atomic mass is 16.5. The van der Waals surface area contributed by atoms with Crippen molar-refractivity contribution >= 4 is 29.3 Å². The lowest BCUT2D eigenvalue weighted by Crippen LogP contribution is -2.41. The summed E-state index contributed by atoms with van der Waals surface area (Å²) in [5.74, 6) is 0.280. The summed E-state index contributed by atoms with van der Waals surface area (Å²) in [6.45, 7) is 4.26. The first-order chi connectivity index (χ1) is 22.3. The molecule has 0 aliphatic carbocycles. The molecule has 0 aliphatic rings. The standard InChI is InChI=1S/C37H40N2O7/c1-3-4-5-6-7-22-44-31-20-14-29(15-21-31)37(43)46-32-18-10-27(11-19-32)24-34(26(2)40)39-36(42)28-12-16-30(17-13-28)38-35(41)25-33-9-8-23-45-33/h8-21,23,34H,3-7,22,24-25H2,1-2H3,(H,38,41)(H,39,42)/t34-/m0/s1. The summed E-state index contributed by atoms with van der Waals surface area (Å²) in [5, 5.41) is 5.54. The Bertz CT molecular complexity index is 1560. The molecule has 1 atom stereocenters. The first-order valence-electron chi connectivity index (χ1n) is 15.6. The molecule has 0 fully saturated rings. The highest BCUT2D eigenvalue weighted by Gasteiger charge is 2.19. The van der Waals surface area contributed by atoms with Crippen molar-refractivity contribution in [1.29, 1.82) is 0 Å². The van der Waals surface area contributed by atoms with Crippen LogP contribution in [0.5, 0.6) is 11.5 Å². The number of unbranched alkanes of at least 4 members (excludes halogenated alkanes) is 4. The van der Waals surface area contributed by atoms with Crippen LogP contribution in [0.15, 0.2) is 95.6 Å². The highest BCUT2D eigenvalue weighted by Crippen LogP contribution is 2.19. The predicted molar refractivity (Wildman–Crippen MR) is 175 cm³/mol. The van der Waals surface area contributed by atoms with Gasteiger partial charge in [-0.05, 0) is 98.1 Å². The molecule has 1 aromatic heterocycles. The first-order valence-corrected chi connectivity index (χ1v) is 15.6. The second-order valence-corrected chi connectivity index (χ2v) is 11.0. The summed E-state index contributed by atoms with van der Waals surface area (Å²) in [4.78, 5) is 50.1. The largest absolute Gasteiger partial charge is 0.494 e. The number of anilines is 1. The summed E-state index contributed by atoms with van der Waals surface area (Å²) in [5.41, 5.74) is 2.07. The lowest BCUT2D eigenvalue weighted by molar-refractivity contribution is -0.119. The second-order valence-electron chi connectivity index (χ2n) is 11.0. The van der Waals surface area contributed by atoms with Crippen LogP contribution >= 0.6 is 0 Å². The minimum absolute atomic E-state index is 0.0992. The number of amides is 2. The predicted octanol–water partition coefficient (Wildman–Crippen LogP) is 6.96. The van der Waals surface area contributed by atoms with E-state index >= 15 is 0 Å². The second kappa shape index (κ2) is 17.3. The van der Waals surface area contributed by atoms with Gasteiger partial charge in [0.2, 0.25) is 5.91 Å². The van der Waals surface area contributed by atoms with Gasteiger partial charge in [-0.3, -0.25) is 14.4 Å². The van der Waals surface area contributed by atoms with Gasteiger partial charge >= 0.3 is 5.97 Å². The maximum Gasteiger partial charge on any atom is 0.343 e. The molecule has 0 saturated carbocycles. The molecule has 0 radical (unpaired) electrons. The number of Topliss-reactive ketones (excluding diaryl/α,β-unsaturated/α-hetero) is 1. The quantitative estimate of drug-likeness (QED) is 0.0739. The Morgan fingerprint density at radius 1 is 0.783 bits per heavy atom. The first kappa shape index (κ1) is 33.7. The van der Waals surface area contributed by atoms with Crippen molar-refractivity contribution in [3.8, 4) is 11.5 Å². The van der Waals surface area contributed by atoms with Crippen molar-refractivity contribution in [3.63, 3.8) is 0 Å². The van der Waals surface area contributed by atoms with Gasteiger partial charge in [-0.15, -0.1) is 0 Å². The van der Waals surface area contributed by atoms with Gasteiger partial charge in [0.15, 0.2) is 5.78 Å². The SMILES string of the molecule is CCCCCCCOc1ccc(C(=O)Oc2ccc(C[C@H](NC(=O)c3ccc(NC(=O)Cc4ccco4)cc3)C(C)=O)cc2)cc1. The van der Waals surface area contributed by atoms with Crippen LogP contribution in [0, 0.1) is 0 Å². The van der Waals surface area contributed by atoms with Crippen LogP contribution < -0.4 is 20.1 Å². The van der Waals surface area contributed by atoms with Gasteiger partial charge < -0.3 is 24.5 Å². The zero-order valence-corrected chi connectivity index (χ0v) is 26.3. The molecule has 9 heteroatoms. The van der Waals surface area contributed by atoms with Crippen LogP contribution in [0.1, 0.15) is 78.0 Å². The minimum atomic E-state index is -0.759. The molecule has 46 heavy (non-hydrogen) atoms. The molecule has 1 heterocycles. The number of hydrogen-bond donors (Lipinski definition) is 2. The number of hydrogen-bond acceptors (Lipinski definition) is 7. The van der Waals surface area contributed by atoms with E-state index in [4.69, 9.17) is 13.9 Å². The monoisotopic (exact) mass is 624 g/mol. The number of ketones is 1. The highest BCUT2D eigenvalue weighted by molar-refractivity contribution is 5.98. The fraction of sp³-hybridized carbons (Fsp3) is 0.297. The number of rotatable bonds is 17. The summed E-state index contributed by atoms with van der Waals surface area (Å²) in [6.07, 6.45) is 7.68. The third kappa shape index (κ3) is 10.8. The fourth-order valence-corrected chi connectivity index (χ4v) is 4.70. The molecule has 0 unspecified atom stereocenters. The third-order valence-electron chi connectivity index (χ3n) is 7.32. The molecular formula is C37H40N2O7. The van der Waals surface area contributed by atoms with Crippen LogP contribution in [-0.4, -0.2) is 36.2 Å². The van der Waals surface area contributed by atoms with E-state index in [0.717, 1.165) is 18.4 Å². The Morgan fingerprint density at radius 3 is 2.11 bits per heavy atom. The van der Waals surface area contributed by atoms with Gasteiger partial charge in [0.1, 0.15) is 17.3 Å². The summed E-state index contributed by atoms with van der Waals surface area (Å²) < 4.78 is 16.5. The molecule has 0 saturated heterocycles. The lowest BCUT2D eigenvalue weighted by atomic mass is 10.0. The molecule has 3 aromatic carbocycles. The van der Waals surface area contributed by atoms with E-state index in [9.17, 15) is 19.2 Å². The lowest BCUT2D eigenvalue weighted by Gasteiger charge is -2.16. The molecular weight excluding hydrogens is 584 g/mol. The summed E-state index contributed by atoms with van der Waals surface area (Å²) in [6, 6.07) is 22.8. The fourth-order valence-electron chi connectivity index (χ4n) is 4.70. The van der Waals surface area contributed by atoms with E-state index in [0.29, 0.717) is 40.7 Å². The van der Waals surface area contributed by atoms with Crippen molar-refractivity contribution in [2.75, 3.05) is 11.9 Å². The van der Waals surface area contributed by atoms with Crippen molar-refractivity contribution in [2.24, 2.45) is 0 Å². The van der Waals surface area contributed by atoms with Crippen LogP contribution in [0.2, 0.25) is 0 Å². The van der Waals surface area contributed by atoms with E-state index in [1.165, 1.54) is 32.4 Å². The van der Waals surface area contributed by atoms with E-state index in [1.807, 2.05) is 0 Å². The Morgan fingerprint density at radius 2 is 1.46 bits per heavy atom. The molecule has 0 spiro atoms. The summed E-state index contributed by atoms with van der Waals surface area (Å²) in [7, 11) is 0. The van der Waals surface area contributed by atoms with Crippen LogP contribution in [0.4, 0.5) is 5.69 Å². The van der Waals surface area contributed by atoms with Gasteiger partial charge in [0, 0.05) is 11.3 Å². The normalized spacial score (nSPS) is 11.3. The van der Waals surface area contributed by atoms with Gasteiger partial charge in [0.25, 0.3) is 5.91 Å². The van der Waals surface area contributed by atoms with Crippen molar-refractivity contribution in [2.45, 2.75) is 64.8 Å². The number of esters is 1. The Balaban J connectivity index is 1.24. The Kier molecular flexibility index (Phi) is 12.7. The molecule has 4 aromatic rings. The zero-order valence-electron chi connectivity index (χ0n) is 26.3. The Hall–Kier alpha value is -5.18. The van der Waals surface area contributed by atoms with Crippen LogP contribution in [0.25, 0.3) is 0 Å². The maximum absolute atomic E-state index is 12.9. The minimum Gasteiger partial charge on any atom is -0.494 e. The smallest absolute Gasteiger partial charge is 0.343 e. The van der Waals surface area contributed by atoms with Crippen molar-refractivity contribution in [1.82, 2.24) is 5.32 Å². The number of carbonyl (C=O) groups is 4. The molecule has 2 amide bonds. The van der Waals surface area contributed by atoms with Gasteiger partial charge in [-0.2, -0.15) is 0 Å². The number of nitrogens with one attached hydrogen (secondary N) is 2. The van der Waals surface area contributed by atoms with E-state index in [-0.39, 0.29) is 24.5 Å².